The minimum absolute atomic E-state index is 1.10. The van der Waals surface area contributed by atoms with Gasteiger partial charge in [0.15, 0.2) is 0 Å². The van der Waals surface area contributed by atoms with Crippen LogP contribution in [0.25, 0.3) is 0 Å². The van der Waals surface area contributed by atoms with Crippen molar-refractivity contribution < 1.29 is 0 Å². The lowest BCUT2D eigenvalue weighted by atomic mass is 10.0. The predicted octanol–water partition coefficient (Wildman–Crippen LogP) is 2.07. The Kier molecular flexibility index (Phi) is 2.22. The Morgan fingerprint density at radius 3 is 2.00 bits per heavy atom. The summed E-state index contributed by atoms with van der Waals surface area (Å²) in [6.45, 7) is 8.53. The maximum atomic E-state index is 3.13. The summed E-state index contributed by atoms with van der Waals surface area (Å²) in [6.07, 6.45) is 1.10. The quantitative estimate of drug-likeness (QED) is 0.601. The zero-order valence-electron chi connectivity index (χ0n) is 7.71. The van der Waals surface area contributed by atoms with Crippen LogP contribution in [0, 0.1) is 0 Å². The molecule has 62 valence electrons. The first-order chi connectivity index (χ1) is 5.16. The van der Waals surface area contributed by atoms with Gasteiger partial charge in [-0.25, -0.2) is 0 Å². The van der Waals surface area contributed by atoms with Crippen molar-refractivity contribution in [1.29, 1.82) is 0 Å². The Bertz CT molecular complexity index is 224. The minimum atomic E-state index is 1.10. The van der Waals surface area contributed by atoms with Crippen LogP contribution in [-0.4, -0.2) is 0 Å². The van der Waals surface area contributed by atoms with Gasteiger partial charge in [0, 0.05) is 11.4 Å². The number of nitrogens with one attached hydrogen (secondary N) is 2. The molecule has 0 aromatic heterocycles. The number of allylic oxidation sites excluding steroid dienone is 4. The fourth-order valence-corrected chi connectivity index (χ4v) is 1.39. The molecule has 2 N–H and O–H groups in total. The highest BCUT2D eigenvalue weighted by atomic mass is 15.4. The van der Waals surface area contributed by atoms with Crippen molar-refractivity contribution in [3.8, 4) is 0 Å². The van der Waals surface area contributed by atoms with Crippen molar-refractivity contribution in [1.82, 2.24) is 10.9 Å². The zero-order chi connectivity index (χ0) is 8.43. The first-order valence-electron chi connectivity index (χ1n) is 4.06. The van der Waals surface area contributed by atoms with Crippen LogP contribution >= 0.6 is 0 Å². The summed E-state index contributed by atoms with van der Waals surface area (Å²) in [5.74, 6) is 0. The number of rotatable bonds is 1. The van der Waals surface area contributed by atoms with E-state index in [-0.39, 0.29) is 0 Å². The van der Waals surface area contributed by atoms with E-state index in [1.165, 1.54) is 22.5 Å². The van der Waals surface area contributed by atoms with Gasteiger partial charge in [-0.15, -0.1) is 0 Å². The molecule has 0 saturated carbocycles. The van der Waals surface area contributed by atoms with E-state index in [1.54, 1.807) is 0 Å². The van der Waals surface area contributed by atoms with Crippen molar-refractivity contribution >= 4 is 0 Å². The first kappa shape index (κ1) is 8.18. The van der Waals surface area contributed by atoms with Gasteiger partial charge in [-0.3, -0.25) is 0 Å². The van der Waals surface area contributed by atoms with Crippen molar-refractivity contribution in [2.75, 3.05) is 0 Å². The summed E-state index contributed by atoms with van der Waals surface area (Å²) >= 11 is 0. The Hall–Kier alpha value is -0.920. The van der Waals surface area contributed by atoms with Crippen molar-refractivity contribution in [2.24, 2.45) is 0 Å². The third-order valence-corrected chi connectivity index (χ3v) is 2.26. The molecule has 0 aliphatic carbocycles. The topological polar surface area (TPSA) is 24.1 Å². The predicted molar refractivity (Wildman–Crippen MR) is 47.6 cm³/mol. The molecule has 0 atom stereocenters. The molecular formula is C9H16N2. The monoisotopic (exact) mass is 152 g/mol. The molecule has 1 rings (SSSR count). The standard InChI is InChI=1S/C9H16N2/c1-5-9-6(2)7(3)10-11-8(9)4/h10-11H,5H2,1-4H3. The highest BCUT2D eigenvalue weighted by molar-refractivity contribution is 5.37. The summed E-state index contributed by atoms with van der Waals surface area (Å²) in [5, 5.41) is 0. The van der Waals surface area contributed by atoms with Crippen molar-refractivity contribution in [3.63, 3.8) is 0 Å². The highest BCUT2D eigenvalue weighted by Gasteiger charge is 2.10. The van der Waals surface area contributed by atoms with Gasteiger partial charge in [0.05, 0.1) is 0 Å². The van der Waals surface area contributed by atoms with Crippen LogP contribution in [0.3, 0.4) is 0 Å². The maximum absolute atomic E-state index is 3.13. The average molecular weight is 152 g/mol. The van der Waals surface area contributed by atoms with Gasteiger partial charge >= 0.3 is 0 Å². The molecule has 0 unspecified atom stereocenters. The van der Waals surface area contributed by atoms with E-state index in [9.17, 15) is 0 Å². The SMILES string of the molecule is CCC1=C(C)NNC(C)=C1C. The maximum Gasteiger partial charge on any atom is 0.0318 e. The van der Waals surface area contributed by atoms with E-state index in [1.807, 2.05) is 0 Å². The zero-order valence-corrected chi connectivity index (χ0v) is 7.71. The Morgan fingerprint density at radius 1 is 1.00 bits per heavy atom. The fourth-order valence-electron chi connectivity index (χ4n) is 1.39. The average Bonchev–Trinajstić information content (AvgIpc) is 1.99. The smallest absolute Gasteiger partial charge is 0.0318 e. The van der Waals surface area contributed by atoms with Crippen LogP contribution in [0.4, 0.5) is 0 Å². The molecule has 0 amide bonds. The van der Waals surface area contributed by atoms with E-state index in [2.05, 4.69) is 38.5 Å². The van der Waals surface area contributed by atoms with E-state index < -0.39 is 0 Å². The summed E-state index contributed by atoms with van der Waals surface area (Å²) in [6, 6.07) is 0. The van der Waals surface area contributed by atoms with Gasteiger partial charge in [-0.05, 0) is 38.3 Å². The van der Waals surface area contributed by atoms with Gasteiger partial charge in [-0.2, -0.15) is 0 Å². The van der Waals surface area contributed by atoms with Crippen LogP contribution in [0.5, 0.6) is 0 Å². The molecule has 1 heterocycles. The number of hydrogen-bond donors (Lipinski definition) is 2. The van der Waals surface area contributed by atoms with E-state index in [0.29, 0.717) is 0 Å². The summed E-state index contributed by atoms with van der Waals surface area (Å²) < 4.78 is 0. The van der Waals surface area contributed by atoms with Gasteiger partial charge in [0.1, 0.15) is 0 Å². The highest BCUT2D eigenvalue weighted by Crippen LogP contribution is 2.21. The largest absolute Gasteiger partial charge is 0.305 e. The molecule has 0 fully saturated rings. The molecule has 11 heavy (non-hydrogen) atoms. The third-order valence-electron chi connectivity index (χ3n) is 2.26. The number of hydrazine groups is 1. The van der Waals surface area contributed by atoms with Crippen LogP contribution in [0.1, 0.15) is 34.1 Å². The Balaban J connectivity index is 3.00. The molecule has 1 aliphatic heterocycles. The van der Waals surface area contributed by atoms with Crippen LogP contribution in [-0.2, 0) is 0 Å². The van der Waals surface area contributed by atoms with Crippen molar-refractivity contribution in [2.45, 2.75) is 34.1 Å². The lowest BCUT2D eigenvalue weighted by Crippen LogP contribution is -2.33. The van der Waals surface area contributed by atoms with Crippen LogP contribution < -0.4 is 10.9 Å². The van der Waals surface area contributed by atoms with Gasteiger partial charge < -0.3 is 10.9 Å². The van der Waals surface area contributed by atoms with Gasteiger partial charge in [0.25, 0.3) is 0 Å². The second kappa shape index (κ2) is 2.99. The molecule has 0 aromatic carbocycles. The second-order valence-electron chi connectivity index (χ2n) is 2.96. The van der Waals surface area contributed by atoms with Gasteiger partial charge in [-0.1, -0.05) is 6.92 Å². The lowest BCUT2D eigenvalue weighted by molar-refractivity contribution is 0.650. The molecule has 0 saturated heterocycles. The summed E-state index contributed by atoms with van der Waals surface area (Å²) in [7, 11) is 0. The van der Waals surface area contributed by atoms with Crippen molar-refractivity contribution in [3.05, 3.63) is 22.5 Å². The van der Waals surface area contributed by atoms with E-state index >= 15 is 0 Å². The molecule has 1 aliphatic rings. The molecular weight excluding hydrogens is 136 g/mol. The minimum Gasteiger partial charge on any atom is -0.305 e. The number of hydrogen-bond acceptors (Lipinski definition) is 2. The second-order valence-corrected chi connectivity index (χ2v) is 2.96. The van der Waals surface area contributed by atoms with E-state index in [0.717, 1.165) is 6.42 Å². The first-order valence-corrected chi connectivity index (χ1v) is 4.06. The van der Waals surface area contributed by atoms with Crippen LogP contribution in [0.2, 0.25) is 0 Å². The molecule has 2 nitrogen and oxygen atoms in total. The molecule has 0 spiro atoms. The molecule has 0 radical (unpaired) electrons. The molecule has 0 aromatic rings. The lowest BCUT2D eigenvalue weighted by Gasteiger charge is -2.23. The fraction of sp³-hybridized carbons (Fsp3) is 0.556. The van der Waals surface area contributed by atoms with Gasteiger partial charge in [0.2, 0.25) is 0 Å². The Labute approximate surface area is 68.3 Å². The molecule has 2 heteroatoms. The summed E-state index contributed by atoms with van der Waals surface area (Å²) in [4.78, 5) is 0. The Morgan fingerprint density at radius 2 is 1.55 bits per heavy atom. The van der Waals surface area contributed by atoms with Crippen LogP contribution in [0.15, 0.2) is 22.5 Å². The summed E-state index contributed by atoms with van der Waals surface area (Å²) in [5.41, 5.74) is 11.5. The normalized spacial score (nSPS) is 18.2. The van der Waals surface area contributed by atoms with E-state index in [4.69, 9.17) is 0 Å². The third kappa shape index (κ3) is 1.39. The molecule has 0 bridgehead atoms.